The molecule has 5 nitrogen and oxygen atoms in total. The van der Waals surface area contributed by atoms with Gasteiger partial charge in [-0.25, -0.2) is 0 Å². The minimum atomic E-state index is -0.277. The fourth-order valence-corrected chi connectivity index (χ4v) is 3.31. The van der Waals surface area contributed by atoms with E-state index in [1.807, 2.05) is 30.3 Å². The van der Waals surface area contributed by atoms with E-state index in [0.29, 0.717) is 35.3 Å². The van der Waals surface area contributed by atoms with E-state index in [4.69, 9.17) is 0 Å². The second kappa shape index (κ2) is 7.48. The molecule has 28 heavy (non-hydrogen) atoms. The molecule has 0 bridgehead atoms. The zero-order chi connectivity index (χ0) is 19.5. The first kappa shape index (κ1) is 17.7. The van der Waals surface area contributed by atoms with Crippen LogP contribution in [-0.4, -0.2) is 30.7 Å². The number of fused-ring (bicyclic) bond motifs is 3. The zero-order valence-corrected chi connectivity index (χ0v) is 15.1. The molecule has 0 atom stereocenters. The normalized spacial score (nSPS) is 11.5. The van der Waals surface area contributed by atoms with E-state index in [1.165, 1.54) is 0 Å². The Morgan fingerprint density at radius 2 is 1.18 bits per heavy atom. The SMILES string of the molecule is O=C(NCCNC(=O)c1ccc2c(c1)C(=O)c1ccccc1-2)c1ccccc1. The molecule has 3 aromatic rings. The number of benzene rings is 3. The summed E-state index contributed by atoms with van der Waals surface area (Å²) in [5, 5.41) is 5.53. The molecule has 4 rings (SSSR count). The molecule has 1 aliphatic rings. The fourth-order valence-electron chi connectivity index (χ4n) is 3.31. The highest BCUT2D eigenvalue weighted by Gasteiger charge is 2.26. The van der Waals surface area contributed by atoms with Crippen LogP contribution in [-0.2, 0) is 0 Å². The van der Waals surface area contributed by atoms with E-state index in [2.05, 4.69) is 10.6 Å². The fraction of sp³-hybridized carbons (Fsp3) is 0.0870. The van der Waals surface area contributed by atoms with Crippen molar-refractivity contribution in [3.63, 3.8) is 0 Å². The maximum atomic E-state index is 12.6. The molecule has 0 fully saturated rings. The zero-order valence-electron chi connectivity index (χ0n) is 15.1. The van der Waals surface area contributed by atoms with Crippen LogP contribution in [0, 0.1) is 0 Å². The van der Waals surface area contributed by atoms with Gasteiger partial charge in [-0.2, -0.15) is 0 Å². The number of carbonyl (C=O) groups is 3. The average Bonchev–Trinajstić information content (AvgIpc) is 3.03. The van der Waals surface area contributed by atoms with Gasteiger partial charge in [0, 0.05) is 35.3 Å². The van der Waals surface area contributed by atoms with Crippen molar-refractivity contribution in [3.8, 4) is 11.1 Å². The quantitative estimate of drug-likeness (QED) is 0.530. The second-order valence-corrected chi connectivity index (χ2v) is 6.51. The van der Waals surface area contributed by atoms with Gasteiger partial charge in [0.1, 0.15) is 0 Å². The summed E-state index contributed by atoms with van der Waals surface area (Å²) in [6, 6.07) is 21.5. The predicted molar refractivity (Wildman–Crippen MR) is 106 cm³/mol. The van der Waals surface area contributed by atoms with Gasteiger partial charge in [-0.3, -0.25) is 14.4 Å². The van der Waals surface area contributed by atoms with Crippen LogP contribution in [0.4, 0.5) is 0 Å². The van der Waals surface area contributed by atoms with Crippen LogP contribution in [0.5, 0.6) is 0 Å². The van der Waals surface area contributed by atoms with E-state index in [9.17, 15) is 14.4 Å². The smallest absolute Gasteiger partial charge is 0.251 e. The van der Waals surface area contributed by atoms with Gasteiger partial charge in [0.2, 0.25) is 0 Å². The summed E-state index contributed by atoms with van der Waals surface area (Å²) in [6.07, 6.45) is 0. The highest BCUT2D eigenvalue weighted by molar-refractivity contribution is 6.22. The lowest BCUT2D eigenvalue weighted by molar-refractivity contribution is 0.0927. The lowest BCUT2D eigenvalue weighted by Crippen LogP contribution is -2.34. The number of carbonyl (C=O) groups excluding carboxylic acids is 3. The molecule has 0 aromatic heterocycles. The van der Waals surface area contributed by atoms with Gasteiger partial charge in [-0.05, 0) is 35.4 Å². The Bertz CT molecular complexity index is 1070. The maximum absolute atomic E-state index is 12.6. The molecule has 0 radical (unpaired) electrons. The molecule has 0 aliphatic heterocycles. The largest absolute Gasteiger partial charge is 0.350 e. The Hall–Kier alpha value is -3.73. The number of hydrogen-bond acceptors (Lipinski definition) is 3. The Labute approximate surface area is 162 Å². The van der Waals surface area contributed by atoms with E-state index >= 15 is 0 Å². The summed E-state index contributed by atoms with van der Waals surface area (Å²) in [5.74, 6) is -0.522. The van der Waals surface area contributed by atoms with Crippen molar-refractivity contribution in [2.75, 3.05) is 13.1 Å². The highest BCUT2D eigenvalue weighted by Crippen LogP contribution is 2.36. The van der Waals surface area contributed by atoms with E-state index in [1.54, 1.807) is 42.5 Å². The van der Waals surface area contributed by atoms with Crippen molar-refractivity contribution < 1.29 is 14.4 Å². The van der Waals surface area contributed by atoms with Crippen molar-refractivity contribution in [1.82, 2.24) is 10.6 Å². The molecule has 138 valence electrons. The molecule has 5 heteroatoms. The summed E-state index contributed by atoms with van der Waals surface area (Å²) in [6.45, 7) is 0.609. The number of nitrogens with one attached hydrogen (secondary N) is 2. The van der Waals surface area contributed by atoms with Gasteiger partial charge >= 0.3 is 0 Å². The van der Waals surface area contributed by atoms with Crippen LogP contribution in [0.1, 0.15) is 36.6 Å². The van der Waals surface area contributed by atoms with Gasteiger partial charge in [-0.1, -0.05) is 48.5 Å². The first-order valence-corrected chi connectivity index (χ1v) is 9.05. The van der Waals surface area contributed by atoms with Crippen LogP contribution in [0.25, 0.3) is 11.1 Å². The molecule has 3 aromatic carbocycles. The van der Waals surface area contributed by atoms with Crippen molar-refractivity contribution in [2.45, 2.75) is 0 Å². The minimum Gasteiger partial charge on any atom is -0.350 e. The van der Waals surface area contributed by atoms with Gasteiger partial charge < -0.3 is 10.6 Å². The Kier molecular flexibility index (Phi) is 4.72. The molecular formula is C23H18N2O3. The van der Waals surface area contributed by atoms with Gasteiger partial charge in [0.05, 0.1) is 0 Å². The third-order valence-corrected chi connectivity index (χ3v) is 4.72. The van der Waals surface area contributed by atoms with E-state index in [0.717, 1.165) is 11.1 Å². The Morgan fingerprint density at radius 3 is 1.89 bits per heavy atom. The minimum absolute atomic E-state index is 0.0598. The second-order valence-electron chi connectivity index (χ2n) is 6.51. The lowest BCUT2D eigenvalue weighted by atomic mass is 10.0. The number of ketones is 1. The van der Waals surface area contributed by atoms with Crippen LogP contribution >= 0.6 is 0 Å². The van der Waals surface area contributed by atoms with Gasteiger partial charge in [-0.15, -0.1) is 0 Å². The average molecular weight is 370 g/mol. The highest BCUT2D eigenvalue weighted by atomic mass is 16.2. The summed E-state index contributed by atoms with van der Waals surface area (Å²) in [7, 11) is 0. The standard InChI is InChI=1S/C23H18N2O3/c26-21-19-9-5-4-8-17(19)18-11-10-16(14-20(18)21)23(28)25-13-12-24-22(27)15-6-2-1-3-7-15/h1-11,14H,12-13H2,(H,24,27)(H,25,28). The number of amides is 2. The molecule has 2 N–H and O–H groups in total. The molecule has 0 unspecified atom stereocenters. The summed E-state index contributed by atoms with van der Waals surface area (Å²) in [4.78, 5) is 36.9. The summed E-state index contributed by atoms with van der Waals surface area (Å²) < 4.78 is 0. The molecule has 2 amide bonds. The monoisotopic (exact) mass is 370 g/mol. The van der Waals surface area contributed by atoms with Crippen molar-refractivity contribution >= 4 is 17.6 Å². The topological polar surface area (TPSA) is 75.3 Å². The number of rotatable bonds is 5. The van der Waals surface area contributed by atoms with Gasteiger partial charge in [0.25, 0.3) is 11.8 Å². The molecule has 0 saturated heterocycles. The molecule has 0 spiro atoms. The van der Waals surface area contributed by atoms with E-state index < -0.39 is 0 Å². The first-order chi connectivity index (χ1) is 13.6. The third-order valence-electron chi connectivity index (χ3n) is 4.72. The Morgan fingerprint density at radius 1 is 0.607 bits per heavy atom. The van der Waals surface area contributed by atoms with Gasteiger partial charge in [0.15, 0.2) is 5.78 Å². The molecule has 1 aliphatic carbocycles. The molecular weight excluding hydrogens is 352 g/mol. The molecule has 0 heterocycles. The summed E-state index contributed by atoms with van der Waals surface area (Å²) >= 11 is 0. The number of hydrogen-bond donors (Lipinski definition) is 2. The summed E-state index contributed by atoms with van der Waals surface area (Å²) in [5.41, 5.74) is 3.97. The predicted octanol–water partition coefficient (Wildman–Crippen LogP) is 3.06. The van der Waals surface area contributed by atoms with Crippen LogP contribution < -0.4 is 10.6 Å². The molecule has 0 saturated carbocycles. The van der Waals surface area contributed by atoms with E-state index in [-0.39, 0.29) is 17.6 Å². The van der Waals surface area contributed by atoms with Crippen molar-refractivity contribution in [2.24, 2.45) is 0 Å². The van der Waals surface area contributed by atoms with Crippen LogP contribution in [0.3, 0.4) is 0 Å². The van der Waals surface area contributed by atoms with Crippen molar-refractivity contribution in [1.29, 1.82) is 0 Å². The first-order valence-electron chi connectivity index (χ1n) is 9.05. The van der Waals surface area contributed by atoms with Crippen molar-refractivity contribution in [3.05, 3.63) is 95.1 Å². The lowest BCUT2D eigenvalue weighted by Gasteiger charge is -2.08. The Balaban J connectivity index is 1.36. The van der Waals surface area contributed by atoms with Crippen LogP contribution in [0.2, 0.25) is 0 Å². The van der Waals surface area contributed by atoms with Crippen LogP contribution in [0.15, 0.2) is 72.8 Å². The third kappa shape index (κ3) is 3.30. The maximum Gasteiger partial charge on any atom is 0.251 e.